The lowest BCUT2D eigenvalue weighted by molar-refractivity contribution is 0.428. The third-order valence-electron chi connectivity index (χ3n) is 2.28. The van der Waals surface area contributed by atoms with Crippen molar-refractivity contribution >= 4 is 0 Å². The molecule has 0 saturated heterocycles. The molecule has 86 valence electrons. The maximum atomic E-state index is 8.67. The fourth-order valence-electron chi connectivity index (χ4n) is 1.42. The lowest BCUT2D eigenvalue weighted by Crippen LogP contribution is -1.84. The Hall–Kier alpha value is -2.94. The van der Waals surface area contributed by atoms with Gasteiger partial charge in [-0.15, -0.1) is 0 Å². The van der Waals surface area contributed by atoms with Gasteiger partial charge >= 0.3 is 0 Å². The Kier molecular flexibility index (Phi) is 2.35. The van der Waals surface area contributed by atoms with Gasteiger partial charge in [-0.3, -0.25) is 0 Å². The summed E-state index contributed by atoms with van der Waals surface area (Å²) < 4.78 is 10.2. The summed E-state index contributed by atoms with van der Waals surface area (Å²) in [6.07, 6.45) is 2.98. The number of pyridine rings is 1. The lowest BCUT2D eigenvalue weighted by Gasteiger charge is -1.91. The smallest absolute Gasteiger partial charge is 0.276 e. The van der Waals surface area contributed by atoms with E-state index in [4.69, 9.17) is 14.2 Å². The monoisotopic (exact) mass is 238 g/mol. The first-order valence-electron chi connectivity index (χ1n) is 5.11. The second kappa shape index (κ2) is 4.14. The molecular weight excluding hydrogens is 232 g/mol. The van der Waals surface area contributed by atoms with Crippen molar-refractivity contribution in [3.8, 4) is 29.2 Å². The summed E-state index contributed by atoms with van der Waals surface area (Å²) in [4.78, 5) is 8.23. The van der Waals surface area contributed by atoms with Crippen molar-refractivity contribution in [2.45, 2.75) is 0 Å². The number of aromatic nitrogens is 3. The summed E-state index contributed by atoms with van der Waals surface area (Å²) in [6, 6.07) is 8.76. The van der Waals surface area contributed by atoms with Gasteiger partial charge in [0.15, 0.2) is 5.76 Å². The molecule has 0 aliphatic rings. The van der Waals surface area contributed by atoms with E-state index in [-0.39, 0.29) is 5.89 Å². The van der Waals surface area contributed by atoms with Gasteiger partial charge in [-0.2, -0.15) is 10.2 Å². The van der Waals surface area contributed by atoms with Gasteiger partial charge in [0.1, 0.15) is 11.8 Å². The van der Waals surface area contributed by atoms with Crippen LogP contribution in [0.5, 0.6) is 0 Å². The quantitative estimate of drug-likeness (QED) is 0.680. The van der Waals surface area contributed by atoms with Crippen molar-refractivity contribution in [3.63, 3.8) is 0 Å². The lowest BCUT2D eigenvalue weighted by atomic mass is 10.3. The van der Waals surface area contributed by atoms with E-state index < -0.39 is 0 Å². The zero-order chi connectivity index (χ0) is 12.4. The number of hydrogen-bond acceptors (Lipinski definition) is 6. The second-order valence-corrected chi connectivity index (χ2v) is 3.44. The molecule has 3 rings (SSSR count). The van der Waals surface area contributed by atoms with Crippen LogP contribution in [0.15, 0.2) is 45.7 Å². The van der Waals surface area contributed by atoms with Gasteiger partial charge in [0.25, 0.3) is 5.89 Å². The van der Waals surface area contributed by atoms with Gasteiger partial charge in [-0.1, -0.05) is 5.16 Å². The van der Waals surface area contributed by atoms with E-state index in [0.717, 1.165) is 0 Å². The van der Waals surface area contributed by atoms with Gasteiger partial charge in [0.05, 0.1) is 11.8 Å². The minimum absolute atomic E-state index is 0.283. The zero-order valence-electron chi connectivity index (χ0n) is 9.07. The maximum absolute atomic E-state index is 8.67. The molecule has 0 aromatic carbocycles. The summed E-state index contributed by atoms with van der Waals surface area (Å²) in [5, 5.41) is 12.5. The number of nitriles is 1. The predicted molar refractivity (Wildman–Crippen MR) is 59.9 cm³/mol. The highest BCUT2D eigenvalue weighted by Gasteiger charge is 2.13. The van der Waals surface area contributed by atoms with Crippen LogP contribution in [0.4, 0.5) is 0 Å². The van der Waals surface area contributed by atoms with Crippen LogP contribution in [0.25, 0.3) is 23.2 Å². The predicted octanol–water partition coefficient (Wildman–Crippen LogP) is 2.26. The highest BCUT2D eigenvalue weighted by molar-refractivity contribution is 5.53. The van der Waals surface area contributed by atoms with Crippen LogP contribution < -0.4 is 0 Å². The van der Waals surface area contributed by atoms with Gasteiger partial charge in [0.2, 0.25) is 5.82 Å². The first-order valence-corrected chi connectivity index (χ1v) is 5.11. The topological polar surface area (TPSA) is 88.7 Å². The molecule has 0 radical (unpaired) electrons. The Bertz CT molecular complexity index is 693. The minimum atomic E-state index is 0.283. The van der Waals surface area contributed by atoms with Crippen LogP contribution >= 0.6 is 0 Å². The molecule has 0 bridgehead atoms. The van der Waals surface area contributed by atoms with Gasteiger partial charge < -0.3 is 8.94 Å². The third-order valence-corrected chi connectivity index (χ3v) is 2.28. The number of nitrogens with zero attached hydrogens (tertiary/aromatic N) is 4. The Morgan fingerprint density at radius 1 is 1.22 bits per heavy atom. The van der Waals surface area contributed by atoms with E-state index in [9.17, 15) is 0 Å². The second-order valence-electron chi connectivity index (χ2n) is 3.44. The van der Waals surface area contributed by atoms with Crippen LogP contribution in [0, 0.1) is 11.3 Å². The molecule has 0 aliphatic carbocycles. The Morgan fingerprint density at radius 2 is 2.17 bits per heavy atom. The standard InChI is InChI=1S/C12H6N4O2/c13-6-8-3-4-9(14-7-8)12-15-11(16-18-12)10-2-1-5-17-10/h1-5,7H. The molecule has 0 N–H and O–H groups in total. The van der Waals surface area contributed by atoms with E-state index in [2.05, 4.69) is 15.1 Å². The van der Waals surface area contributed by atoms with Crippen LogP contribution in [0.2, 0.25) is 0 Å². The maximum Gasteiger partial charge on any atom is 0.276 e. The molecule has 18 heavy (non-hydrogen) atoms. The molecule has 3 heterocycles. The van der Waals surface area contributed by atoms with E-state index in [1.165, 1.54) is 12.5 Å². The minimum Gasteiger partial charge on any atom is -0.461 e. The van der Waals surface area contributed by atoms with Crippen molar-refractivity contribution in [1.29, 1.82) is 5.26 Å². The molecule has 0 saturated carbocycles. The van der Waals surface area contributed by atoms with Gasteiger partial charge in [-0.25, -0.2) is 4.98 Å². The average molecular weight is 238 g/mol. The molecule has 3 aromatic heterocycles. The fourth-order valence-corrected chi connectivity index (χ4v) is 1.42. The molecule has 6 heteroatoms. The van der Waals surface area contributed by atoms with Crippen molar-refractivity contribution in [2.75, 3.05) is 0 Å². The number of rotatable bonds is 2. The van der Waals surface area contributed by atoms with E-state index >= 15 is 0 Å². The summed E-state index contributed by atoms with van der Waals surface area (Å²) in [5.74, 6) is 1.17. The van der Waals surface area contributed by atoms with Gasteiger partial charge in [0, 0.05) is 6.20 Å². The third kappa shape index (κ3) is 1.74. The number of furan rings is 1. The van der Waals surface area contributed by atoms with Crippen molar-refractivity contribution < 1.29 is 8.94 Å². The summed E-state index contributed by atoms with van der Waals surface area (Å²) in [5.41, 5.74) is 0.990. The van der Waals surface area contributed by atoms with Gasteiger partial charge in [-0.05, 0) is 24.3 Å². The van der Waals surface area contributed by atoms with Crippen LogP contribution in [-0.2, 0) is 0 Å². The Labute approximate surface area is 102 Å². The highest BCUT2D eigenvalue weighted by Crippen LogP contribution is 2.20. The molecule has 0 unspecified atom stereocenters. The van der Waals surface area contributed by atoms with Crippen molar-refractivity contribution in [2.24, 2.45) is 0 Å². The Morgan fingerprint density at radius 3 is 2.83 bits per heavy atom. The largest absolute Gasteiger partial charge is 0.461 e. The van der Waals surface area contributed by atoms with E-state index in [0.29, 0.717) is 22.8 Å². The normalized spacial score (nSPS) is 10.2. The summed E-state index contributed by atoms with van der Waals surface area (Å²) in [6.45, 7) is 0. The highest BCUT2D eigenvalue weighted by atomic mass is 16.5. The van der Waals surface area contributed by atoms with Crippen molar-refractivity contribution in [3.05, 3.63) is 42.3 Å². The van der Waals surface area contributed by atoms with E-state index in [1.54, 1.807) is 24.3 Å². The molecule has 3 aromatic rings. The first-order chi connectivity index (χ1) is 8.86. The summed E-state index contributed by atoms with van der Waals surface area (Å²) >= 11 is 0. The molecular formula is C12H6N4O2. The molecule has 0 aliphatic heterocycles. The van der Waals surface area contributed by atoms with Crippen LogP contribution in [-0.4, -0.2) is 15.1 Å². The number of hydrogen-bond donors (Lipinski definition) is 0. The van der Waals surface area contributed by atoms with E-state index in [1.807, 2.05) is 6.07 Å². The SMILES string of the molecule is N#Cc1ccc(-c2nc(-c3ccco3)no2)nc1. The molecule has 6 nitrogen and oxygen atoms in total. The molecule has 0 amide bonds. The molecule has 0 spiro atoms. The van der Waals surface area contributed by atoms with Crippen LogP contribution in [0.1, 0.15) is 5.56 Å². The van der Waals surface area contributed by atoms with Crippen LogP contribution in [0.3, 0.4) is 0 Å². The Balaban J connectivity index is 1.95. The summed E-state index contributed by atoms with van der Waals surface area (Å²) in [7, 11) is 0. The fraction of sp³-hybridized carbons (Fsp3) is 0. The first kappa shape index (κ1) is 10.2. The zero-order valence-corrected chi connectivity index (χ0v) is 9.07. The molecule has 0 atom stereocenters. The molecule has 0 fully saturated rings. The average Bonchev–Trinajstić information content (AvgIpc) is 3.09. The van der Waals surface area contributed by atoms with Crippen molar-refractivity contribution in [1.82, 2.24) is 15.1 Å².